The molecule has 2 rings (SSSR count). The van der Waals surface area contributed by atoms with Gasteiger partial charge in [0.05, 0.1) is 12.2 Å². The maximum absolute atomic E-state index is 11.6. The van der Waals surface area contributed by atoms with Crippen molar-refractivity contribution in [3.63, 3.8) is 0 Å². The van der Waals surface area contributed by atoms with E-state index < -0.39 is 12.2 Å². The lowest BCUT2D eigenvalue weighted by Gasteiger charge is -2.03. The van der Waals surface area contributed by atoms with Crippen molar-refractivity contribution in [2.75, 3.05) is 6.54 Å². The third-order valence-electron chi connectivity index (χ3n) is 2.34. The van der Waals surface area contributed by atoms with E-state index in [2.05, 4.69) is 15.5 Å². The van der Waals surface area contributed by atoms with Crippen molar-refractivity contribution in [1.82, 2.24) is 15.5 Å². The summed E-state index contributed by atoms with van der Waals surface area (Å²) in [5.41, 5.74) is 1.83. The molecule has 4 N–H and O–H groups in total. The van der Waals surface area contributed by atoms with E-state index in [0.717, 1.165) is 5.56 Å². The Hall–Kier alpha value is -2.18. The van der Waals surface area contributed by atoms with Crippen LogP contribution in [0.1, 0.15) is 10.5 Å². The average molecular weight is 247 g/mol. The molecule has 0 aliphatic carbocycles. The fourth-order valence-corrected chi connectivity index (χ4v) is 1.47. The van der Waals surface area contributed by atoms with Gasteiger partial charge in [-0.25, -0.2) is 0 Å². The summed E-state index contributed by atoms with van der Waals surface area (Å²) in [6, 6.07) is 11.0. The van der Waals surface area contributed by atoms with Crippen LogP contribution < -0.4 is 5.32 Å². The monoisotopic (exact) mass is 247 g/mol. The second-order valence-electron chi connectivity index (χ2n) is 3.72. The van der Waals surface area contributed by atoms with Gasteiger partial charge in [-0.3, -0.25) is 9.89 Å². The number of hydrogen-bond donors (Lipinski definition) is 4. The number of aliphatic hydroxyl groups is 2. The predicted octanol–water partition coefficient (Wildman–Crippen LogP) is 0.117. The number of aromatic amines is 1. The van der Waals surface area contributed by atoms with Crippen molar-refractivity contribution in [1.29, 1.82) is 0 Å². The molecule has 2 aromatic rings. The first-order valence-corrected chi connectivity index (χ1v) is 5.42. The van der Waals surface area contributed by atoms with Crippen LogP contribution in [0.25, 0.3) is 11.3 Å². The number of nitrogens with zero attached hydrogens (tertiary/aromatic N) is 1. The summed E-state index contributed by atoms with van der Waals surface area (Å²) in [5, 5.41) is 26.3. The van der Waals surface area contributed by atoms with Crippen LogP contribution in [-0.2, 0) is 0 Å². The van der Waals surface area contributed by atoms with Crippen molar-refractivity contribution in [2.45, 2.75) is 6.29 Å². The van der Waals surface area contributed by atoms with Crippen molar-refractivity contribution in [3.05, 3.63) is 42.1 Å². The molecule has 0 bridgehead atoms. The molecular weight excluding hydrogens is 234 g/mol. The zero-order valence-corrected chi connectivity index (χ0v) is 9.50. The highest BCUT2D eigenvalue weighted by atomic mass is 16.5. The Balaban J connectivity index is 2.09. The Labute approximate surface area is 103 Å². The van der Waals surface area contributed by atoms with E-state index >= 15 is 0 Å². The Morgan fingerprint density at radius 2 is 2.06 bits per heavy atom. The first-order chi connectivity index (χ1) is 8.66. The molecule has 1 heterocycles. The summed E-state index contributed by atoms with van der Waals surface area (Å²) in [6.45, 7) is -0.224. The van der Waals surface area contributed by atoms with E-state index in [9.17, 15) is 4.79 Å². The molecule has 0 saturated heterocycles. The molecule has 0 radical (unpaired) electrons. The SMILES string of the molecule is O=C(NCC(O)O)c1cc(-c2ccccc2)n[nH]1. The minimum atomic E-state index is -1.56. The quantitative estimate of drug-likeness (QED) is 0.577. The standard InChI is InChI=1S/C12H13N3O3/c16-11(17)7-13-12(18)10-6-9(14-15-10)8-4-2-1-3-5-8/h1-6,11,16-17H,7H2,(H,13,18)(H,14,15). The van der Waals surface area contributed by atoms with Gasteiger partial charge in [-0.1, -0.05) is 30.3 Å². The Bertz CT molecular complexity index is 522. The van der Waals surface area contributed by atoms with Crippen LogP contribution in [0.15, 0.2) is 36.4 Å². The van der Waals surface area contributed by atoms with E-state index in [1.54, 1.807) is 6.07 Å². The molecule has 0 atom stereocenters. The average Bonchev–Trinajstić information content (AvgIpc) is 2.86. The largest absolute Gasteiger partial charge is 0.367 e. The van der Waals surface area contributed by atoms with Crippen molar-refractivity contribution in [3.8, 4) is 11.3 Å². The molecule has 0 fully saturated rings. The minimum absolute atomic E-state index is 0.224. The van der Waals surface area contributed by atoms with Gasteiger partial charge in [0, 0.05) is 5.56 Å². The van der Waals surface area contributed by atoms with Crippen molar-refractivity contribution >= 4 is 5.91 Å². The number of carbonyl (C=O) groups excluding carboxylic acids is 1. The summed E-state index contributed by atoms with van der Waals surface area (Å²) in [4.78, 5) is 11.6. The second-order valence-corrected chi connectivity index (χ2v) is 3.72. The lowest BCUT2D eigenvalue weighted by atomic mass is 10.1. The van der Waals surface area contributed by atoms with Gasteiger partial charge in [0.1, 0.15) is 5.69 Å². The summed E-state index contributed by atoms with van der Waals surface area (Å²) in [5.74, 6) is -0.433. The van der Waals surface area contributed by atoms with Crippen LogP contribution in [0.3, 0.4) is 0 Å². The molecule has 18 heavy (non-hydrogen) atoms. The normalized spacial score (nSPS) is 10.6. The number of aromatic nitrogens is 2. The fourth-order valence-electron chi connectivity index (χ4n) is 1.47. The van der Waals surface area contributed by atoms with Gasteiger partial charge >= 0.3 is 0 Å². The van der Waals surface area contributed by atoms with Crippen LogP contribution in [0, 0.1) is 0 Å². The highest BCUT2D eigenvalue weighted by Gasteiger charge is 2.11. The second kappa shape index (κ2) is 5.44. The summed E-state index contributed by atoms with van der Waals surface area (Å²) in [6.07, 6.45) is -1.56. The topological polar surface area (TPSA) is 98.2 Å². The van der Waals surface area contributed by atoms with Gasteiger partial charge < -0.3 is 15.5 Å². The molecule has 0 aliphatic heterocycles. The van der Waals surface area contributed by atoms with Gasteiger partial charge in [0.15, 0.2) is 6.29 Å². The molecule has 6 heteroatoms. The van der Waals surface area contributed by atoms with Crippen molar-refractivity contribution < 1.29 is 15.0 Å². The number of nitrogens with one attached hydrogen (secondary N) is 2. The number of H-pyrrole nitrogens is 1. The fraction of sp³-hybridized carbons (Fsp3) is 0.167. The summed E-state index contributed by atoms with van der Waals surface area (Å²) < 4.78 is 0. The van der Waals surface area contributed by atoms with Crippen LogP contribution in [-0.4, -0.2) is 39.2 Å². The van der Waals surface area contributed by atoms with Crippen LogP contribution >= 0.6 is 0 Å². The number of benzene rings is 1. The number of amides is 1. The molecule has 94 valence electrons. The van der Waals surface area contributed by atoms with Crippen LogP contribution in [0.4, 0.5) is 0 Å². The molecule has 0 saturated carbocycles. The van der Waals surface area contributed by atoms with Crippen molar-refractivity contribution in [2.24, 2.45) is 0 Å². The molecule has 1 amide bonds. The molecule has 0 aliphatic rings. The number of hydrogen-bond acceptors (Lipinski definition) is 4. The van der Waals surface area contributed by atoms with Gasteiger partial charge in [-0.2, -0.15) is 5.10 Å². The van der Waals surface area contributed by atoms with E-state index in [1.807, 2.05) is 30.3 Å². The van der Waals surface area contributed by atoms with Gasteiger partial charge in [0.2, 0.25) is 0 Å². The first kappa shape index (κ1) is 12.3. The molecule has 0 spiro atoms. The van der Waals surface area contributed by atoms with Crippen LogP contribution in [0.2, 0.25) is 0 Å². The third kappa shape index (κ3) is 2.93. The third-order valence-corrected chi connectivity index (χ3v) is 2.34. The van der Waals surface area contributed by atoms with Gasteiger partial charge in [-0.05, 0) is 6.07 Å². The van der Waals surface area contributed by atoms with E-state index in [0.29, 0.717) is 5.69 Å². The molecular formula is C12H13N3O3. The predicted molar refractivity (Wildman–Crippen MR) is 64.6 cm³/mol. The lowest BCUT2D eigenvalue weighted by Crippen LogP contribution is -2.32. The Kier molecular flexibility index (Phi) is 3.71. The van der Waals surface area contributed by atoms with E-state index in [1.165, 1.54) is 0 Å². The summed E-state index contributed by atoms with van der Waals surface area (Å²) in [7, 11) is 0. The lowest BCUT2D eigenvalue weighted by molar-refractivity contribution is -0.0361. The number of carbonyl (C=O) groups is 1. The van der Waals surface area contributed by atoms with E-state index in [-0.39, 0.29) is 12.2 Å². The highest BCUT2D eigenvalue weighted by Crippen LogP contribution is 2.16. The Morgan fingerprint density at radius 1 is 1.33 bits per heavy atom. The summed E-state index contributed by atoms with van der Waals surface area (Å²) >= 11 is 0. The smallest absolute Gasteiger partial charge is 0.269 e. The Morgan fingerprint density at radius 3 is 2.72 bits per heavy atom. The molecule has 6 nitrogen and oxygen atoms in total. The molecule has 1 aromatic carbocycles. The number of rotatable bonds is 4. The minimum Gasteiger partial charge on any atom is -0.367 e. The first-order valence-electron chi connectivity index (χ1n) is 5.42. The van der Waals surface area contributed by atoms with Gasteiger partial charge in [0.25, 0.3) is 5.91 Å². The molecule has 0 unspecified atom stereocenters. The maximum Gasteiger partial charge on any atom is 0.269 e. The van der Waals surface area contributed by atoms with E-state index in [4.69, 9.17) is 10.2 Å². The maximum atomic E-state index is 11.6. The number of aliphatic hydroxyl groups excluding tert-OH is 1. The van der Waals surface area contributed by atoms with Crippen LogP contribution in [0.5, 0.6) is 0 Å². The zero-order chi connectivity index (χ0) is 13.0. The zero-order valence-electron chi connectivity index (χ0n) is 9.50. The molecule has 1 aromatic heterocycles. The highest BCUT2D eigenvalue weighted by molar-refractivity contribution is 5.93. The van der Waals surface area contributed by atoms with Gasteiger partial charge in [-0.15, -0.1) is 0 Å².